The minimum absolute atomic E-state index is 0.136. The maximum Gasteiger partial charge on any atom is 0.228 e. The van der Waals surface area contributed by atoms with Gasteiger partial charge >= 0.3 is 0 Å². The molecule has 12 heteroatoms. The van der Waals surface area contributed by atoms with Crippen LogP contribution in [-0.4, -0.2) is 71.0 Å². The molecule has 6 N–H and O–H groups in total. The van der Waals surface area contributed by atoms with Crippen molar-refractivity contribution in [3.8, 4) is 0 Å². The Hall–Kier alpha value is -3.19. The molecule has 12 nitrogen and oxygen atoms in total. The van der Waals surface area contributed by atoms with Crippen molar-refractivity contribution in [2.24, 2.45) is 5.10 Å². The summed E-state index contributed by atoms with van der Waals surface area (Å²) in [6.45, 7) is -0.457. The number of rotatable bonds is 5. The van der Waals surface area contributed by atoms with Crippen molar-refractivity contribution in [1.82, 2.24) is 24.5 Å². The van der Waals surface area contributed by atoms with Crippen molar-refractivity contribution in [2.45, 2.75) is 24.5 Å². The zero-order chi connectivity index (χ0) is 19.7. The lowest BCUT2D eigenvalue weighted by molar-refractivity contribution is -0.0501. The van der Waals surface area contributed by atoms with Gasteiger partial charge in [0.1, 0.15) is 24.6 Å². The number of hydrazone groups is 1. The Bertz CT molecular complexity index is 995. The highest BCUT2D eigenvalue weighted by Crippen LogP contribution is 2.35. The molecule has 4 rings (SSSR count). The molecule has 1 aliphatic rings. The Kier molecular flexibility index (Phi) is 4.83. The third kappa shape index (κ3) is 3.14. The number of pyridine rings is 1. The molecule has 0 aromatic carbocycles. The summed E-state index contributed by atoms with van der Waals surface area (Å²) in [6.07, 6.45) is 1.45. The fourth-order valence-corrected chi connectivity index (χ4v) is 2.95. The molecule has 0 aliphatic carbocycles. The third-order valence-electron chi connectivity index (χ3n) is 4.36. The van der Waals surface area contributed by atoms with Crippen LogP contribution >= 0.6 is 0 Å². The van der Waals surface area contributed by atoms with Gasteiger partial charge < -0.3 is 25.8 Å². The van der Waals surface area contributed by atoms with Gasteiger partial charge in [0.05, 0.1) is 12.8 Å². The quantitative estimate of drug-likeness (QED) is 0.266. The molecular formula is C16H18N8O4. The molecule has 28 heavy (non-hydrogen) atoms. The van der Waals surface area contributed by atoms with Gasteiger partial charge in [0.15, 0.2) is 23.2 Å². The van der Waals surface area contributed by atoms with E-state index in [9.17, 15) is 15.3 Å². The van der Waals surface area contributed by atoms with Crippen LogP contribution < -0.4 is 11.2 Å². The summed E-state index contributed by atoms with van der Waals surface area (Å²) < 4.78 is 7.02. The highest BCUT2D eigenvalue weighted by molar-refractivity contribution is 5.84. The Morgan fingerprint density at radius 2 is 2.04 bits per heavy atom. The fraction of sp³-hybridized carbons (Fsp3) is 0.312. The maximum atomic E-state index is 10.4. The summed E-state index contributed by atoms with van der Waals surface area (Å²) in [6, 6.07) is 3.54. The molecule has 0 spiro atoms. The van der Waals surface area contributed by atoms with E-state index in [0.29, 0.717) is 0 Å². The Balaban J connectivity index is 1.73. The van der Waals surface area contributed by atoms with Crippen molar-refractivity contribution < 1.29 is 20.1 Å². The standard InChI is InChI=1S/C16H18N8O4/c17-13-10-14(20-7-19-13)24(15-12(27)11(26)9(6-25)28-15)16(22-10)23-21-5-8-1-3-18-4-2-8/h1-5,7,9,11-12,15,25-27H,6H2,(H,22,23)(H2,17,19,20)/t9-,11+,12-,15-/m0/s1. The van der Waals surface area contributed by atoms with Gasteiger partial charge in [-0.05, 0) is 17.7 Å². The van der Waals surface area contributed by atoms with Gasteiger partial charge in [0.2, 0.25) is 5.95 Å². The monoisotopic (exact) mass is 386 g/mol. The Morgan fingerprint density at radius 3 is 2.75 bits per heavy atom. The summed E-state index contributed by atoms with van der Waals surface area (Å²) >= 11 is 0. The van der Waals surface area contributed by atoms with Gasteiger partial charge in [-0.15, -0.1) is 0 Å². The molecule has 1 aliphatic heterocycles. The van der Waals surface area contributed by atoms with Gasteiger partial charge in [-0.25, -0.2) is 20.4 Å². The average molecular weight is 386 g/mol. The largest absolute Gasteiger partial charge is 0.394 e. The van der Waals surface area contributed by atoms with Crippen LogP contribution in [0, 0.1) is 0 Å². The van der Waals surface area contributed by atoms with Crippen LogP contribution in [0.1, 0.15) is 11.8 Å². The topological polar surface area (TPSA) is 177 Å². The molecule has 1 saturated heterocycles. The smallest absolute Gasteiger partial charge is 0.228 e. The van der Waals surface area contributed by atoms with E-state index < -0.39 is 31.1 Å². The Morgan fingerprint density at radius 1 is 1.25 bits per heavy atom. The highest BCUT2D eigenvalue weighted by atomic mass is 16.6. The number of aromatic nitrogens is 5. The second-order valence-corrected chi connectivity index (χ2v) is 6.12. The number of aliphatic hydroxyl groups is 3. The number of hydrogen-bond donors (Lipinski definition) is 5. The van der Waals surface area contributed by atoms with Crippen LogP contribution in [0.5, 0.6) is 0 Å². The summed E-state index contributed by atoms with van der Waals surface area (Å²) in [5.74, 6) is 0.305. The van der Waals surface area contributed by atoms with Gasteiger partial charge in [-0.2, -0.15) is 5.10 Å². The molecule has 0 bridgehead atoms. The molecule has 0 saturated carbocycles. The van der Waals surface area contributed by atoms with Gasteiger partial charge in [-0.3, -0.25) is 9.55 Å². The van der Waals surface area contributed by atoms with Gasteiger partial charge in [0, 0.05) is 12.4 Å². The molecule has 0 unspecified atom stereocenters. The molecule has 0 radical (unpaired) electrons. The Labute approximate surface area is 158 Å². The number of fused-ring (bicyclic) bond motifs is 1. The van der Waals surface area contributed by atoms with E-state index in [-0.39, 0.29) is 22.9 Å². The zero-order valence-electron chi connectivity index (χ0n) is 14.5. The van der Waals surface area contributed by atoms with Crippen LogP contribution in [0.25, 0.3) is 11.2 Å². The van der Waals surface area contributed by atoms with Crippen LogP contribution in [0.3, 0.4) is 0 Å². The summed E-state index contributed by atoms with van der Waals surface area (Å²) in [7, 11) is 0. The number of nitrogens with one attached hydrogen (secondary N) is 1. The number of imidazole rings is 1. The van der Waals surface area contributed by atoms with Crippen molar-refractivity contribution in [3.63, 3.8) is 0 Å². The zero-order valence-corrected chi connectivity index (χ0v) is 14.5. The second kappa shape index (κ2) is 7.44. The van der Waals surface area contributed by atoms with Crippen LogP contribution in [-0.2, 0) is 4.74 Å². The first-order chi connectivity index (χ1) is 13.6. The first-order valence-corrected chi connectivity index (χ1v) is 8.40. The lowest BCUT2D eigenvalue weighted by Gasteiger charge is -2.18. The van der Waals surface area contributed by atoms with E-state index >= 15 is 0 Å². The summed E-state index contributed by atoms with van der Waals surface area (Å²) in [4.78, 5) is 16.3. The molecule has 4 atom stereocenters. The fourth-order valence-electron chi connectivity index (χ4n) is 2.95. The number of aliphatic hydroxyl groups excluding tert-OH is 3. The predicted octanol–water partition coefficient (Wildman–Crippen LogP) is -1.14. The number of nitrogen functional groups attached to an aromatic ring is 1. The molecule has 3 aromatic heterocycles. The third-order valence-corrected chi connectivity index (χ3v) is 4.36. The van der Waals surface area contributed by atoms with E-state index in [0.717, 1.165) is 5.56 Å². The van der Waals surface area contributed by atoms with Crippen molar-refractivity contribution in [2.75, 3.05) is 17.8 Å². The molecular weight excluding hydrogens is 368 g/mol. The minimum atomic E-state index is -1.32. The van der Waals surface area contributed by atoms with Crippen LogP contribution in [0.2, 0.25) is 0 Å². The lowest BCUT2D eigenvalue weighted by Crippen LogP contribution is -2.33. The number of nitrogens with zero attached hydrogens (tertiary/aromatic N) is 6. The van der Waals surface area contributed by atoms with Crippen LogP contribution in [0.4, 0.5) is 11.8 Å². The maximum absolute atomic E-state index is 10.4. The number of nitrogens with two attached hydrogens (primary N) is 1. The first-order valence-electron chi connectivity index (χ1n) is 8.40. The molecule has 4 heterocycles. The van der Waals surface area contributed by atoms with E-state index in [4.69, 9.17) is 10.5 Å². The van der Waals surface area contributed by atoms with E-state index in [1.54, 1.807) is 30.7 Å². The average Bonchev–Trinajstić information content (AvgIpc) is 3.21. The second-order valence-electron chi connectivity index (χ2n) is 6.12. The summed E-state index contributed by atoms with van der Waals surface area (Å²) in [5, 5.41) is 34.0. The van der Waals surface area contributed by atoms with Crippen molar-refractivity contribution in [1.29, 1.82) is 0 Å². The summed E-state index contributed by atoms with van der Waals surface area (Å²) in [5.41, 5.74) is 10.0. The number of ether oxygens (including phenoxy) is 1. The normalized spacial score (nSPS) is 25.0. The first kappa shape index (κ1) is 18.2. The molecule has 0 amide bonds. The number of anilines is 2. The van der Waals surface area contributed by atoms with Crippen LogP contribution in [0.15, 0.2) is 36.0 Å². The van der Waals surface area contributed by atoms with E-state index in [2.05, 4.69) is 30.5 Å². The molecule has 1 fully saturated rings. The lowest BCUT2D eigenvalue weighted by atomic mass is 10.1. The van der Waals surface area contributed by atoms with Crippen molar-refractivity contribution in [3.05, 3.63) is 36.4 Å². The van der Waals surface area contributed by atoms with Gasteiger partial charge in [0.25, 0.3) is 0 Å². The molecule has 146 valence electrons. The van der Waals surface area contributed by atoms with E-state index in [1.807, 2.05) is 0 Å². The molecule has 3 aromatic rings. The predicted molar refractivity (Wildman–Crippen MR) is 98.2 cm³/mol. The highest BCUT2D eigenvalue weighted by Gasteiger charge is 2.45. The van der Waals surface area contributed by atoms with E-state index in [1.165, 1.54) is 10.9 Å². The van der Waals surface area contributed by atoms with Crippen molar-refractivity contribution >= 4 is 29.1 Å². The van der Waals surface area contributed by atoms with Gasteiger partial charge in [-0.1, -0.05) is 0 Å². The number of hydrogen-bond acceptors (Lipinski definition) is 11. The SMILES string of the molecule is Nc1ncnc2c1nc(NN=Cc1ccncc1)n2[C@H]1O[C@@H](CO)[C@@H](O)[C@@H]1O. The minimum Gasteiger partial charge on any atom is -0.394 e.